The number of carbonyl (C=O) groups is 1. The number of aliphatic carboxylic acids is 1. The molecule has 1 atom stereocenters. The molecule has 132 valence electrons. The van der Waals surface area contributed by atoms with Crippen molar-refractivity contribution in [2.24, 2.45) is 5.41 Å². The van der Waals surface area contributed by atoms with Crippen LogP contribution in [0.3, 0.4) is 0 Å². The van der Waals surface area contributed by atoms with Crippen molar-refractivity contribution in [3.05, 3.63) is 35.5 Å². The van der Waals surface area contributed by atoms with Crippen molar-refractivity contribution in [1.82, 2.24) is 0 Å². The van der Waals surface area contributed by atoms with Gasteiger partial charge in [0.2, 0.25) is 0 Å². The van der Waals surface area contributed by atoms with E-state index in [1.165, 1.54) is 11.1 Å². The van der Waals surface area contributed by atoms with Gasteiger partial charge in [-0.25, -0.2) is 0 Å². The van der Waals surface area contributed by atoms with E-state index >= 15 is 0 Å². The molecule has 0 amide bonds. The fourth-order valence-corrected chi connectivity index (χ4v) is 2.15. The van der Waals surface area contributed by atoms with E-state index in [1.54, 1.807) is 13.8 Å². The second-order valence-electron chi connectivity index (χ2n) is 7.27. The molecule has 3 nitrogen and oxygen atoms in total. The molecule has 0 saturated carbocycles. The van der Waals surface area contributed by atoms with Crippen LogP contribution in [0.1, 0.15) is 73.1 Å². The Bertz CT molecular complexity index is 456. The summed E-state index contributed by atoms with van der Waals surface area (Å²) in [6, 6.07) is 0. The van der Waals surface area contributed by atoms with Gasteiger partial charge in [0.15, 0.2) is 0 Å². The number of hydrogen-bond donors (Lipinski definition) is 2. The standard InChI is InChI=1S/C20H34O3/c1-15(2)18(21)13-12-17(4)10-7-9-16(3)11-8-14-20(5,6)19(22)23/h10-11,18,21H,1,7-9,12-14H2,2-6H3,(H,22,23)/b16-11+,17-10+. The van der Waals surface area contributed by atoms with Crippen LogP contribution < -0.4 is 0 Å². The zero-order valence-corrected chi connectivity index (χ0v) is 15.5. The number of rotatable bonds is 11. The molecule has 0 aliphatic carbocycles. The van der Waals surface area contributed by atoms with E-state index in [0.717, 1.165) is 37.7 Å². The number of carboxylic acid groups (broad SMARTS) is 1. The van der Waals surface area contributed by atoms with E-state index in [9.17, 15) is 9.90 Å². The average Bonchev–Trinajstić information content (AvgIpc) is 2.44. The first-order chi connectivity index (χ1) is 10.6. The van der Waals surface area contributed by atoms with Gasteiger partial charge in [0.1, 0.15) is 0 Å². The van der Waals surface area contributed by atoms with Crippen molar-refractivity contribution in [1.29, 1.82) is 0 Å². The molecule has 23 heavy (non-hydrogen) atoms. The Balaban J connectivity index is 4.11. The second-order valence-corrected chi connectivity index (χ2v) is 7.27. The predicted molar refractivity (Wildman–Crippen MR) is 97.5 cm³/mol. The molecule has 0 aromatic rings. The van der Waals surface area contributed by atoms with Gasteiger partial charge >= 0.3 is 5.97 Å². The third-order valence-electron chi connectivity index (χ3n) is 4.25. The van der Waals surface area contributed by atoms with Crippen molar-refractivity contribution in [3.63, 3.8) is 0 Å². The lowest BCUT2D eigenvalue weighted by Crippen LogP contribution is -2.23. The van der Waals surface area contributed by atoms with Crippen LogP contribution in [0.5, 0.6) is 0 Å². The van der Waals surface area contributed by atoms with E-state index < -0.39 is 17.5 Å². The molecule has 0 heterocycles. The van der Waals surface area contributed by atoms with Gasteiger partial charge in [0.05, 0.1) is 11.5 Å². The summed E-state index contributed by atoms with van der Waals surface area (Å²) in [7, 11) is 0. The zero-order chi connectivity index (χ0) is 18.0. The fraction of sp³-hybridized carbons (Fsp3) is 0.650. The Morgan fingerprint density at radius 3 is 2.13 bits per heavy atom. The molecule has 0 aromatic carbocycles. The lowest BCUT2D eigenvalue weighted by molar-refractivity contribution is -0.147. The van der Waals surface area contributed by atoms with Gasteiger partial charge in [-0.05, 0) is 73.1 Å². The van der Waals surface area contributed by atoms with E-state index in [2.05, 4.69) is 32.6 Å². The Labute approximate surface area is 141 Å². The Kier molecular flexibility index (Phi) is 9.82. The summed E-state index contributed by atoms with van der Waals surface area (Å²) in [6.45, 7) is 13.3. The summed E-state index contributed by atoms with van der Waals surface area (Å²) in [6.07, 6.45) is 9.04. The van der Waals surface area contributed by atoms with Crippen LogP contribution in [-0.4, -0.2) is 22.3 Å². The van der Waals surface area contributed by atoms with E-state index in [4.69, 9.17) is 5.11 Å². The van der Waals surface area contributed by atoms with Crippen LogP contribution in [-0.2, 0) is 4.79 Å². The molecular weight excluding hydrogens is 288 g/mol. The van der Waals surface area contributed by atoms with Crippen LogP contribution >= 0.6 is 0 Å². The molecule has 0 rings (SSSR count). The van der Waals surface area contributed by atoms with E-state index in [-0.39, 0.29) is 0 Å². The molecule has 0 aliphatic rings. The smallest absolute Gasteiger partial charge is 0.309 e. The maximum atomic E-state index is 11.0. The van der Waals surface area contributed by atoms with Gasteiger partial charge in [0.25, 0.3) is 0 Å². The van der Waals surface area contributed by atoms with Crippen molar-refractivity contribution < 1.29 is 15.0 Å². The molecular formula is C20H34O3. The van der Waals surface area contributed by atoms with Crippen molar-refractivity contribution >= 4 is 5.97 Å². The Hall–Kier alpha value is -1.35. The minimum atomic E-state index is -0.737. The largest absolute Gasteiger partial charge is 0.481 e. The molecule has 0 radical (unpaired) electrons. The summed E-state index contributed by atoms with van der Waals surface area (Å²) in [5.74, 6) is -0.737. The van der Waals surface area contributed by atoms with Crippen molar-refractivity contribution in [2.75, 3.05) is 0 Å². The molecule has 3 heteroatoms. The topological polar surface area (TPSA) is 57.5 Å². The first-order valence-corrected chi connectivity index (χ1v) is 8.44. The average molecular weight is 322 g/mol. The number of aliphatic hydroxyl groups is 1. The van der Waals surface area contributed by atoms with Gasteiger partial charge in [-0.2, -0.15) is 0 Å². The van der Waals surface area contributed by atoms with Gasteiger partial charge in [0, 0.05) is 0 Å². The molecule has 0 aliphatic heterocycles. The normalized spacial score (nSPS) is 14.7. The highest BCUT2D eigenvalue weighted by molar-refractivity contribution is 5.73. The summed E-state index contributed by atoms with van der Waals surface area (Å²) in [4.78, 5) is 11.0. The highest BCUT2D eigenvalue weighted by Crippen LogP contribution is 2.23. The highest BCUT2D eigenvalue weighted by atomic mass is 16.4. The zero-order valence-electron chi connectivity index (χ0n) is 15.5. The molecule has 0 aromatic heterocycles. The lowest BCUT2D eigenvalue weighted by atomic mass is 9.87. The fourth-order valence-electron chi connectivity index (χ4n) is 2.15. The molecule has 2 N–H and O–H groups in total. The summed E-state index contributed by atoms with van der Waals surface area (Å²) >= 11 is 0. The third-order valence-corrected chi connectivity index (χ3v) is 4.25. The van der Waals surface area contributed by atoms with Gasteiger partial charge in [-0.3, -0.25) is 4.79 Å². The van der Waals surface area contributed by atoms with Crippen LogP contribution in [0.15, 0.2) is 35.5 Å². The number of hydrogen-bond acceptors (Lipinski definition) is 2. The highest BCUT2D eigenvalue weighted by Gasteiger charge is 2.25. The number of carboxylic acids is 1. The maximum Gasteiger partial charge on any atom is 0.309 e. The molecule has 0 spiro atoms. The predicted octanol–water partition coefficient (Wildman–Crippen LogP) is 5.27. The minimum absolute atomic E-state index is 0.405. The van der Waals surface area contributed by atoms with Gasteiger partial charge < -0.3 is 10.2 Å². The minimum Gasteiger partial charge on any atom is -0.481 e. The summed E-state index contributed by atoms with van der Waals surface area (Å²) < 4.78 is 0. The molecule has 0 bridgehead atoms. The molecule has 0 fully saturated rings. The van der Waals surface area contributed by atoms with Crippen LogP contribution in [0.4, 0.5) is 0 Å². The van der Waals surface area contributed by atoms with Gasteiger partial charge in [-0.1, -0.05) is 35.5 Å². The first-order valence-electron chi connectivity index (χ1n) is 8.44. The number of allylic oxidation sites excluding steroid dienone is 4. The van der Waals surface area contributed by atoms with Crippen LogP contribution in [0, 0.1) is 5.41 Å². The Morgan fingerprint density at radius 2 is 1.61 bits per heavy atom. The molecule has 1 unspecified atom stereocenters. The van der Waals surface area contributed by atoms with E-state index in [0.29, 0.717) is 6.42 Å². The quantitative estimate of drug-likeness (QED) is 0.510. The monoisotopic (exact) mass is 322 g/mol. The van der Waals surface area contributed by atoms with Crippen molar-refractivity contribution in [3.8, 4) is 0 Å². The van der Waals surface area contributed by atoms with Gasteiger partial charge in [-0.15, -0.1) is 0 Å². The van der Waals surface area contributed by atoms with Crippen molar-refractivity contribution in [2.45, 2.75) is 79.2 Å². The van der Waals surface area contributed by atoms with Crippen LogP contribution in [0.25, 0.3) is 0 Å². The number of aliphatic hydroxyl groups excluding tert-OH is 1. The lowest BCUT2D eigenvalue weighted by Gasteiger charge is -2.17. The van der Waals surface area contributed by atoms with Crippen LogP contribution in [0.2, 0.25) is 0 Å². The van der Waals surface area contributed by atoms with E-state index in [1.807, 2.05) is 6.92 Å². The SMILES string of the molecule is C=C(C)C(O)CC/C(C)=C/CC/C(C)=C/CCC(C)(C)C(=O)O. The molecule has 0 saturated heterocycles. The maximum absolute atomic E-state index is 11.0. The summed E-state index contributed by atoms with van der Waals surface area (Å²) in [5, 5.41) is 18.8. The Morgan fingerprint density at radius 1 is 1.09 bits per heavy atom. The first kappa shape index (κ1) is 21.6. The third kappa shape index (κ3) is 10.1. The second kappa shape index (κ2) is 10.4. The summed E-state index contributed by atoms with van der Waals surface area (Å²) in [5.41, 5.74) is 2.76.